The molecule has 0 saturated heterocycles. The van der Waals surface area contributed by atoms with E-state index in [0.29, 0.717) is 11.5 Å². The molecule has 0 aliphatic carbocycles. The first kappa shape index (κ1) is 16.2. The number of nitrogens with zero attached hydrogens (tertiary/aromatic N) is 2. The van der Waals surface area contributed by atoms with E-state index in [1.54, 1.807) is 6.20 Å². The van der Waals surface area contributed by atoms with Gasteiger partial charge in [-0.1, -0.05) is 37.3 Å². The van der Waals surface area contributed by atoms with Gasteiger partial charge >= 0.3 is 5.97 Å². The lowest BCUT2D eigenvalue weighted by atomic mass is 9.96. The quantitative estimate of drug-likeness (QED) is 0.878. The van der Waals surface area contributed by atoms with E-state index >= 15 is 0 Å². The molecule has 0 radical (unpaired) electrons. The fourth-order valence-corrected chi connectivity index (χ4v) is 3.07. The molecular formula is C18H21N3O3. The third-order valence-electron chi connectivity index (χ3n) is 4.45. The van der Waals surface area contributed by atoms with E-state index in [1.807, 2.05) is 35.0 Å². The number of hydrogen-bond acceptors (Lipinski definition) is 3. The van der Waals surface area contributed by atoms with E-state index in [2.05, 4.69) is 17.3 Å². The number of hydrogen-bond donors (Lipinski definition) is 2. The van der Waals surface area contributed by atoms with Crippen molar-refractivity contribution in [3.63, 3.8) is 0 Å². The number of carboxylic acids is 1. The van der Waals surface area contributed by atoms with Crippen molar-refractivity contribution in [2.45, 2.75) is 38.8 Å². The molecule has 2 atom stereocenters. The van der Waals surface area contributed by atoms with Crippen LogP contribution in [0.25, 0.3) is 0 Å². The van der Waals surface area contributed by atoms with E-state index in [1.165, 1.54) is 0 Å². The lowest BCUT2D eigenvalue weighted by Gasteiger charge is -2.21. The van der Waals surface area contributed by atoms with Crippen LogP contribution in [0.4, 0.5) is 0 Å². The van der Waals surface area contributed by atoms with E-state index in [9.17, 15) is 14.7 Å². The highest BCUT2D eigenvalue weighted by Gasteiger charge is 2.26. The number of fused-ring (bicyclic) bond motifs is 1. The summed E-state index contributed by atoms with van der Waals surface area (Å²) in [5.74, 6) is -0.907. The van der Waals surface area contributed by atoms with Gasteiger partial charge in [-0.25, -0.2) is 4.79 Å². The average Bonchev–Trinajstić information content (AvgIpc) is 2.98. The summed E-state index contributed by atoms with van der Waals surface area (Å²) in [6, 6.07) is 8.32. The van der Waals surface area contributed by atoms with E-state index < -0.39 is 12.0 Å². The molecule has 2 aromatic rings. The van der Waals surface area contributed by atoms with Crippen LogP contribution in [0.15, 0.2) is 36.5 Å². The highest BCUT2D eigenvalue weighted by molar-refractivity contribution is 5.97. The molecule has 0 fully saturated rings. The average molecular weight is 327 g/mol. The van der Waals surface area contributed by atoms with Crippen LogP contribution in [0.1, 0.15) is 35.0 Å². The van der Waals surface area contributed by atoms with Crippen molar-refractivity contribution in [1.29, 1.82) is 0 Å². The standard InChI is InChI=1S/C18H21N3O3/c1-12-7-8-21-16(9-12)14(11-19-21)17(22)20-15(18(23)24)10-13-5-3-2-4-6-13/h2-6,11-12,15H,7-10H2,1H3,(H,20,22)(H,23,24)/t12?,15-/m1/s1. The Bertz CT molecular complexity index is 739. The molecule has 1 aromatic heterocycles. The summed E-state index contributed by atoms with van der Waals surface area (Å²) in [5, 5.41) is 16.3. The van der Waals surface area contributed by atoms with Gasteiger partial charge in [0.1, 0.15) is 6.04 Å². The smallest absolute Gasteiger partial charge is 0.326 e. The van der Waals surface area contributed by atoms with Crippen LogP contribution in [0.5, 0.6) is 0 Å². The van der Waals surface area contributed by atoms with Crippen LogP contribution in [0, 0.1) is 5.92 Å². The number of benzene rings is 1. The molecule has 1 amide bonds. The molecule has 6 nitrogen and oxygen atoms in total. The van der Waals surface area contributed by atoms with Crippen molar-refractivity contribution >= 4 is 11.9 Å². The summed E-state index contributed by atoms with van der Waals surface area (Å²) >= 11 is 0. The molecule has 0 spiro atoms. The minimum atomic E-state index is -1.04. The third-order valence-corrected chi connectivity index (χ3v) is 4.45. The van der Waals surface area contributed by atoms with Crippen LogP contribution in [0.2, 0.25) is 0 Å². The molecule has 1 aromatic carbocycles. The molecule has 6 heteroatoms. The van der Waals surface area contributed by atoms with Gasteiger partial charge in [0.25, 0.3) is 5.91 Å². The molecule has 24 heavy (non-hydrogen) atoms. The van der Waals surface area contributed by atoms with Gasteiger partial charge in [0.05, 0.1) is 17.5 Å². The Balaban J connectivity index is 1.75. The normalized spacial score (nSPS) is 17.8. The molecule has 2 N–H and O–H groups in total. The maximum Gasteiger partial charge on any atom is 0.326 e. The van der Waals surface area contributed by atoms with Gasteiger partial charge in [0.15, 0.2) is 0 Å². The Hall–Kier alpha value is -2.63. The molecule has 1 aliphatic rings. The summed E-state index contributed by atoms with van der Waals surface area (Å²) in [5.41, 5.74) is 2.26. The van der Waals surface area contributed by atoms with Gasteiger partial charge in [-0.3, -0.25) is 9.48 Å². The van der Waals surface area contributed by atoms with Crippen LogP contribution in [-0.4, -0.2) is 32.8 Å². The lowest BCUT2D eigenvalue weighted by molar-refractivity contribution is -0.139. The second-order valence-electron chi connectivity index (χ2n) is 6.38. The van der Waals surface area contributed by atoms with Crippen LogP contribution < -0.4 is 5.32 Å². The number of carbonyl (C=O) groups is 2. The lowest BCUT2D eigenvalue weighted by Crippen LogP contribution is -2.42. The highest BCUT2D eigenvalue weighted by atomic mass is 16.4. The van der Waals surface area contributed by atoms with Gasteiger partial charge in [0.2, 0.25) is 0 Å². The summed E-state index contributed by atoms with van der Waals surface area (Å²) < 4.78 is 1.85. The first-order valence-electron chi connectivity index (χ1n) is 8.17. The summed E-state index contributed by atoms with van der Waals surface area (Å²) in [7, 11) is 0. The summed E-state index contributed by atoms with van der Waals surface area (Å²) in [4.78, 5) is 24.1. The van der Waals surface area contributed by atoms with Crippen molar-refractivity contribution in [3.05, 3.63) is 53.3 Å². The molecule has 3 rings (SSSR count). The molecule has 1 aliphatic heterocycles. The van der Waals surface area contributed by atoms with Gasteiger partial charge in [-0.15, -0.1) is 0 Å². The molecule has 2 heterocycles. The Morgan fingerprint density at radius 3 is 2.83 bits per heavy atom. The second-order valence-corrected chi connectivity index (χ2v) is 6.38. The Labute approximate surface area is 140 Å². The van der Waals surface area contributed by atoms with Gasteiger partial charge in [0, 0.05) is 13.0 Å². The van der Waals surface area contributed by atoms with Crippen LogP contribution >= 0.6 is 0 Å². The number of aromatic nitrogens is 2. The van der Waals surface area contributed by atoms with Gasteiger partial charge in [-0.2, -0.15) is 5.10 Å². The van der Waals surface area contributed by atoms with Gasteiger partial charge in [-0.05, 0) is 24.3 Å². The number of aryl methyl sites for hydroxylation is 1. The van der Waals surface area contributed by atoms with Crippen molar-refractivity contribution < 1.29 is 14.7 Å². The molecule has 1 unspecified atom stereocenters. The zero-order valence-electron chi connectivity index (χ0n) is 13.6. The SMILES string of the molecule is CC1CCn2ncc(C(=O)N[C@H](Cc3ccccc3)C(=O)O)c2C1. The maximum atomic E-state index is 12.6. The van der Waals surface area contributed by atoms with Crippen molar-refractivity contribution in [2.75, 3.05) is 0 Å². The molecular weight excluding hydrogens is 306 g/mol. The Morgan fingerprint density at radius 2 is 2.12 bits per heavy atom. The van der Waals surface area contributed by atoms with E-state index in [0.717, 1.165) is 30.6 Å². The molecule has 0 bridgehead atoms. The summed E-state index contributed by atoms with van der Waals surface area (Å²) in [6.07, 6.45) is 3.63. The summed E-state index contributed by atoms with van der Waals surface area (Å²) in [6.45, 7) is 2.95. The van der Waals surface area contributed by atoms with Crippen LogP contribution in [-0.2, 0) is 24.2 Å². The monoisotopic (exact) mass is 327 g/mol. The first-order chi connectivity index (χ1) is 11.5. The molecule has 0 saturated carbocycles. The van der Waals surface area contributed by atoms with E-state index in [4.69, 9.17) is 0 Å². The van der Waals surface area contributed by atoms with Crippen molar-refractivity contribution in [1.82, 2.24) is 15.1 Å². The fourth-order valence-electron chi connectivity index (χ4n) is 3.07. The predicted octanol–water partition coefficient (Wildman–Crippen LogP) is 1.89. The van der Waals surface area contributed by atoms with E-state index in [-0.39, 0.29) is 12.3 Å². The topological polar surface area (TPSA) is 84.2 Å². The number of rotatable bonds is 5. The number of nitrogens with one attached hydrogen (secondary N) is 1. The molecule has 126 valence electrons. The van der Waals surface area contributed by atoms with Crippen molar-refractivity contribution in [3.8, 4) is 0 Å². The maximum absolute atomic E-state index is 12.6. The number of carboxylic acid groups (broad SMARTS) is 1. The zero-order chi connectivity index (χ0) is 17.1. The fraction of sp³-hybridized carbons (Fsp3) is 0.389. The highest BCUT2D eigenvalue weighted by Crippen LogP contribution is 2.22. The number of carbonyl (C=O) groups excluding carboxylic acids is 1. The zero-order valence-corrected chi connectivity index (χ0v) is 13.6. The third kappa shape index (κ3) is 3.48. The Morgan fingerprint density at radius 1 is 1.38 bits per heavy atom. The predicted molar refractivity (Wildman–Crippen MR) is 88.7 cm³/mol. The number of amides is 1. The second kappa shape index (κ2) is 6.86. The van der Waals surface area contributed by atoms with Gasteiger partial charge < -0.3 is 10.4 Å². The number of aliphatic carboxylic acids is 1. The first-order valence-corrected chi connectivity index (χ1v) is 8.17. The van der Waals surface area contributed by atoms with Crippen LogP contribution in [0.3, 0.4) is 0 Å². The minimum Gasteiger partial charge on any atom is -0.480 e. The Kier molecular flexibility index (Phi) is 4.64. The van der Waals surface area contributed by atoms with Crippen molar-refractivity contribution in [2.24, 2.45) is 5.92 Å². The minimum absolute atomic E-state index is 0.252. The largest absolute Gasteiger partial charge is 0.480 e.